The summed E-state index contributed by atoms with van der Waals surface area (Å²) in [5.74, 6) is 0.888. The Morgan fingerprint density at radius 3 is 2.50 bits per heavy atom. The van der Waals surface area contributed by atoms with Crippen LogP contribution in [0.1, 0.15) is 29.8 Å². The van der Waals surface area contributed by atoms with E-state index < -0.39 is 0 Å². The first-order valence-electron chi connectivity index (χ1n) is 11.0. The first-order valence-corrected chi connectivity index (χ1v) is 11.0. The molecule has 4 aromatic rings. The van der Waals surface area contributed by atoms with Crippen molar-refractivity contribution in [3.63, 3.8) is 0 Å². The lowest BCUT2D eigenvalue weighted by molar-refractivity contribution is 0.0954. The molecule has 0 radical (unpaired) electrons. The number of hydrogen-bond acceptors (Lipinski definition) is 5. The average Bonchev–Trinajstić information content (AvgIpc) is 2.85. The molecule has 0 spiro atoms. The zero-order valence-corrected chi connectivity index (χ0v) is 18.5. The fourth-order valence-electron chi connectivity index (χ4n) is 3.83. The van der Waals surface area contributed by atoms with Gasteiger partial charge in [-0.15, -0.1) is 0 Å². The van der Waals surface area contributed by atoms with Crippen LogP contribution in [0.3, 0.4) is 0 Å². The average molecular weight is 426 g/mol. The van der Waals surface area contributed by atoms with E-state index in [1.807, 2.05) is 0 Å². The van der Waals surface area contributed by atoms with Crippen LogP contribution in [0.25, 0.3) is 22.0 Å². The van der Waals surface area contributed by atoms with Gasteiger partial charge in [0, 0.05) is 43.0 Å². The van der Waals surface area contributed by atoms with Crippen LogP contribution in [0.2, 0.25) is 0 Å². The van der Waals surface area contributed by atoms with Crippen molar-refractivity contribution in [2.75, 3.05) is 24.5 Å². The van der Waals surface area contributed by atoms with Crippen LogP contribution in [-0.2, 0) is 6.42 Å². The van der Waals surface area contributed by atoms with E-state index in [0.717, 1.165) is 47.4 Å². The normalized spacial score (nSPS) is 10.8. The van der Waals surface area contributed by atoms with Crippen LogP contribution < -0.4 is 10.2 Å². The van der Waals surface area contributed by atoms with Crippen molar-refractivity contribution < 1.29 is 4.79 Å². The number of nitrogens with zero attached hydrogens (tertiary/aromatic N) is 4. The van der Waals surface area contributed by atoms with Gasteiger partial charge in [0.1, 0.15) is 12.1 Å². The molecule has 1 amide bonds. The highest BCUT2D eigenvalue weighted by Crippen LogP contribution is 2.29. The van der Waals surface area contributed by atoms with Crippen molar-refractivity contribution in [1.82, 2.24) is 20.3 Å². The van der Waals surface area contributed by atoms with Crippen molar-refractivity contribution in [2.45, 2.75) is 20.3 Å². The number of benzene rings is 2. The number of pyridine rings is 1. The van der Waals surface area contributed by atoms with E-state index in [1.165, 1.54) is 5.56 Å². The highest BCUT2D eigenvalue weighted by Gasteiger charge is 2.11. The maximum Gasteiger partial charge on any atom is 0.251 e. The molecule has 0 aliphatic heterocycles. The number of anilines is 1. The van der Waals surface area contributed by atoms with Gasteiger partial charge in [-0.05, 0) is 61.2 Å². The second-order valence-corrected chi connectivity index (χ2v) is 7.54. The van der Waals surface area contributed by atoms with Gasteiger partial charge in [0.25, 0.3) is 5.91 Å². The fourth-order valence-corrected chi connectivity index (χ4v) is 3.83. The Morgan fingerprint density at radius 2 is 1.72 bits per heavy atom. The molecule has 2 heterocycles. The monoisotopic (exact) mass is 425 g/mol. The summed E-state index contributed by atoms with van der Waals surface area (Å²) in [6, 6.07) is 18.2. The molecule has 32 heavy (non-hydrogen) atoms. The third-order valence-electron chi connectivity index (χ3n) is 5.58. The van der Waals surface area contributed by atoms with Crippen molar-refractivity contribution in [3.05, 3.63) is 84.4 Å². The van der Waals surface area contributed by atoms with Gasteiger partial charge in [0.05, 0.1) is 5.52 Å². The first-order chi connectivity index (χ1) is 15.7. The molecule has 0 saturated heterocycles. The molecule has 0 saturated carbocycles. The quantitative estimate of drug-likeness (QED) is 0.450. The third kappa shape index (κ3) is 4.75. The lowest BCUT2D eigenvalue weighted by Gasteiger charge is -2.21. The van der Waals surface area contributed by atoms with Crippen LogP contribution in [0.4, 0.5) is 5.82 Å². The number of nitrogens with one attached hydrogen (secondary N) is 1. The minimum atomic E-state index is -0.0815. The van der Waals surface area contributed by atoms with Crippen molar-refractivity contribution in [2.24, 2.45) is 0 Å². The molecule has 0 atom stereocenters. The number of aromatic nitrogens is 3. The second-order valence-electron chi connectivity index (χ2n) is 7.54. The summed E-state index contributed by atoms with van der Waals surface area (Å²) >= 11 is 0. The van der Waals surface area contributed by atoms with Crippen LogP contribution in [-0.4, -0.2) is 40.5 Å². The fraction of sp³-hybridized carbons (Fsp3) is 0.231. The zero-order chi connectivity index (χ0) is 22.3. The van der Waals surface area contributed by atoms with Gasteiger partial charge >= 0.3 is 0 Å². The molecule has 0 bridgehead atoms. The summed E-state index contributed by atoms with van der Waals surface area (Å²) in [7, 11) is 0. The van der Waals surface area contributed by atoms with E-state index in [1.54, 1.807) is 30.9 Å². The van der Waals surface area contributed by atoms with Gasteiger partial charge in [0.2, 0.25) is 0 Å². The van der Waals surface area contributed by atoms with E-state index in [0.29, 0.717) is 12.1 Å². The lowest BCUT2D eigenvalue weighted by atomic mass is 10.00. The first kappa shape index (κ1) is 21.4. The molecule has 6 nitrogen and oxygen atoms in total. The largest absolute Gasteiger partial charge is 0.357 e. The number of fused-ring (bicyclic) bond motifs is 1. The maximum atomic E-state index is 12.2. The van der Waals surface area contributed by atoms with Gasteiger partial charge in [-0.1, -0.05) is 30.3 Å². The predicted octanol–water partition coefficient (Wildman–Crippen LogP) is 4.51. The summed E-state index contributed by atoms with van der Waals surface area (Å²) in [5.41, 5.74) is 5.00. The molecule has 4 rings (SSSR count). The van der Waals surface area contributed by atoms with Gasteiger partial charge in [-0.2, -0.15) is 0 Å². The molecule has 6 heteroatoms. The molecule has 0 fully saturated rings. The van der Waals surface area contributed by atoms with E-state index >= 15 is 0 Å². The summed E-state index contributed by atoms with van der Waals surface area (Å²) in [5, 5.41) is 4.03. The Balaban J connectivity index is 1.52. The maximum absolute atomic E-state index is 12.2. The van der Waals surface area contributed by atoms with Crippen molar-refractivity contribution >= 4 is 22.6 Å². The predicted molar refractivity (Wildman–Crippen MR) is 129 cm³/mol. The summed E-state index contributed by atoms with van der Waals surface area (Å²) in [4.78, 5) is 27.4. The number of carbonyl (C=O) groups excluding carboxylic acids is 1. The van der Waals surface area contributed by atoms with Crippen molar-refractivity contribution in [3.8, 4) is 11.1 Å². The second kappa shape index (κ2) is 10.0. The molecule has 2 aromatic carbocycles. The third-order valence-corrected chi connectivity index (χ3v) is 5.58. The van der Waals surface area contributed by atoms with Crippen LogP contribution >= 0.6 is 0 Å². The number of amides is 1. The highest BCUT2D eigenvalue weighted by atomic mass is 16.1. The lowest BCUT2D eigenvalue weighted by Crippen LogP contribution is -2.25. The minimum Gasteiger partial charge on any atom is -0.357 e. The Bertz CT molecular complexity index is 1210. The Morgan fingerprint density at radius 1 is 0.938 bits per heavy atom. The van der Waals surface area contributed by atoms with Crippen LogP contribution in [0.5, 0.6) is 0 Å². The standard InChI is InChI=1S/C26H27N5O/c1-3-31(4-2)25-23-17-22(8-9-24(23)29-18-30-25)21-7-5-6-19(16-21)10-15-28-26(32)20-11-13-27-14-12-20/h5-9,11-14,16-18H,3-4,10,15H2,1-2H3,(H,28,32). The van der Waals surface area contributed by atoms with E-state index in [2.05, 4.69) is 81.5 Å². The van der Waals surface area contributed by atoms with Gasteiger partial charge in [0.15, 0.2) is 0 Å². The number of carbonyl (C=O) groups is 1. The van der Waals surface area contributed by atoms with E-state index in [4.69, 9.17) is 0 Å². The number of hydrogen-bond donors (Lipinski definition) is 1. The summed E-state index contributed by atoms with van der Waals surface area (Å²) in [6.45, 7) is 6.64. The van der Waals surface area contributed by atoms with Gasteiger partial charge in [-0.3, -0.25) is 9.78 Å². The van der Waals surface area contributed by atoms with Crippen LogP contribution in [0.15, 0.2) is 73.3 Å². The highest BCUT2D eigenvalue weighted by molar-refractivity contribution is 5.94. The Kier molecular flexibility index (Phi) is 6.70. The van der Waals surface area contributed by atoms with E-state index in [-0.39, 0.29) is 5.91 Å². The summed E-state index contributed by atoms with van der Waals surface area (Å²) in [6.07, 6.45) is 5.64. The molecular weight excluding hydrogens is 398 g/mol. The SMILES string of the molecule is CCN(CC)c1ncnc2ccc(-c3cccc(CCNC(=O)c4ccncc4)c3)cc12. The van der Waals surface area contributed by atoms with Gasteiger partial charge in [-0.25, -0.2) is 9.97 Å². The summed E-state index contributed by atoms with van der Waals surface area (Å²) < 4.78 is 0. The zero-order valence-electron chi connectivity index (χ0n) is 18.5. The molecule has 0 unspecified atom stereocenters. The van der Waals surface area contributed by atoms with Crippen molar-refractivity contribution in [1.29, 1.82) is 0 Å². The molecule has 162 valence electrons. The van der Waals surface area contributed by atoms with Crippen LogP contribution in [0, 0.1) is 0 Å². The topological polar surface area (TPSA) is 71.0 Å². The molecule has 2 aromatic heterocycles. The molecule has 0 aliphatic rings. The molecule has 1 N–H and O–H groups in total. The molecule has 0 aliphatic carbocycles. The minimum absolute atomic E-state index is 0.0815. The number of rotatable bonds is 8. The van der Waals surface area contributed by atoms with E-state index in [9.17, 15) is 4.79 Å². The molecular formula is C26H27N5O. The Labute approximate surface area is 188 Å². The van der Waals surface area contributed by atoms with Gasteiger partial charge < -0.3 is 10.2 Å². The smallest absolute Gasteiger partial charge is 0.251 e. The Hall–Kier alpha value is -3.80.